The van der Waals surface area contributed by atoms with Gasteiger partial charge < -0.3 is 5.11 Å². The van der Waals surface area contributed by atoms with Crippen LogP contribution in [-0.2, 0) is 13.2 Å². The molecule has 23 heavy (non-hydrogen) atoms. The maximum Gasteiger partial charge on any atom is 0.434 e. The number of hydrogen-bond donors (Lipinski definition) is 1. The van der Waals surface area contributed by atoms with E-state index in [-0.39, 0.29) is 0 Å². The van der Waals surface area contributed by atoms with Crippen molar-refractivity contribution in [2.24, 2.45) is 7.05 Å². The van der Waals surface area contributed by atoms with E-state index < -0.39 is 55.4 Å². The van der Waals surface area contributed by atoms with Crippen molar-refractivity contribution in [3.8, 4) is 17.0 Å². The fraction of sp³-hybridized carbons (Fsp3) is 0.182. The average Bonchev–Trinajstić information content (AvgIpc) is 2.67. The topological polar surface area (TPSA) is 81.2 Å². The number of nitro groups is 1. The number of phenolic OH excluding ortho intramolecular Hbond substituents is 1. The lowest BCUT2D eigenvalue weighted by molar-refractivity contribution is -0.385. The van der Waals surface area contributed by atoms with Gasteiger partial charge in [-0.25, -0.2) is 4.39 Å². The van der Waals surface area contributed by atoms with E-state index in [1.165, 1.54) is 0 Å². The minimum absolute atomic E-state index is 0.312. The fourth-order valence-corrected chi connectivity index (χ4v) is 2.51. The molecule has 12 heteroatoms. The summed E-state index contributed by atoms with van der Waals surface area (Å²) in [5, 5.41) is 22.3. The molecule has 1 heterocycles. The lowest BCUT2D eigenvalue weighted by Crippen LogP contribution is -2.12. The highest BCUT2D eigenvalue weighted by Crippen LogP contribution is 2.47. The van der Waals surface area contributed by atoms with Crippen LogP contribution in [-0.4, -0.2) is 19.8 Å². The third-order valence-electron chi connectivity index (χ3n) is 2.86. The lowest BCUT2D eigenvalue weighted by atomic mass is 10.1. The Morgan fingerprint density at radius 3 is 2.39 bits per heavy atom. The predicted molar refractivity (Wildman–Crippen MR) is 71.9 cm³/mol. The van der Waals surface area contributed by atoms with Crippen LogP contribution >= 0.6 is 23.2 Å². The molecule has 0 saturated heterocycles. The first-order chi connectivity index (χ1) is 10.5. The van der Waals surface area contributed by atoms with Crippen molar-refractivity contribution in [3.05, 3.63) is 37.7 Å². The van der Waals surface area contributed by atoms with E-state index in [1.54, 1.807) is 0 Å². The number of aromatic hydroxyl groups is 1. The second-order valence-corrected chi connectivity index (χ2v) is 5.09. The van der Waals surface area contributed by atoms with E-state index in [4.69, 9.17) is 23.2 Å². The molecule has 2 aromatic rings. The van der Waals surface area contributed by atoms with Gasteiger partial charge in [-0.15, -0.1) is 0 Å². The summed E-state index contributed by atoms with van der Waals surface area (Å²) in [6.07, 6.45) is -4.92. The molecule has 6 nitrogen and oxygen atoms in total. The quantitative estimate of drug-likeness (QED) is 0.486. The fourth-order valence-electron chi connectivity index (χ4n) is 1.97. The number of phenols is 1. The minimum Gasteiger partial charge on any atom is -0.501 e. The van der Waals surface area contributed by atoms with Gasteiger partial charge in [0.2, 0.25) is 5.75 Å². The van der Waals surface area contributed by atoms with Crippen molar-refractivity contribution in [1.82, 2.24) is 9.78 Å². The Balaban J connectivity index is 2.89. The number of benzene rings is 1. The van der Waals surface area contributed by atoms with E-state index >= 15 is 0 Å². The van der Waals surface area contributed by atoms with Gasteiger partial charge in [0.1, 0.15) is 17.1 Å². The first-order valence-corrected chi connectivity index (χ1v) is 6.37. The number of rotatable bonds is 2. The molecule has 0 radical (unpaired) electrons. The molecule has 124 valence electrons. The maximum atomic E-state index is 14.1. The smallest absolute Gasteiger partial charge is 0.434 e. The highest BCUT2D eigenvalue weighted by atomic mass is 35.5. The van der Waals surface area contributed by atoms with Gasteiger partial charge in [0, 0.05) is 7.05 Å². The molecular formula is C11H5Cl2F4N3O3. The number of aryl methyl sites for hydroxylation is 1. The number of halogens is 6. The van der Waals surface area contributed by atoms with Crippen LogP contribution in [0.5, 0.6) is 5.75 Å². The van der Waals surface area contributed by atoms with E-state index in [9.17, 15) is 32.8 Å². The third-order valence-corrected chi connectivity index (χ3v) is 3.50. The van der Waals surface area contributed by atoms with Gasteiger partial charge in [0.25, 0.3) is 0 Å². The normalized spacial score (nSPS) is 11.8. The van der Waals surface area contributed by atoms with Gasteiger partial charge in [0.15, 0.2) is 5.69 Å². The monoisotopic (exact) mass is 373 g/mol. The minimum atomic E-state index is -4.92. The molecule has 2 rings (SSSR count). The molecule has 1 N–H and O–H groups in total. The van der Waals surface area contributed by atoms with E-state index in [2.05, 4.69) is 5.10 Å². The number of alkyl halides is 3. The molecule has 0 aliphatic carbocycles. The molecule has 1 aromatic carbocycles. The SMILES string of the molecule is Cn1nc(-c2c(F)cc(Cl)c(O)c2[N+](=O)[O-])c(Cl)c1C(F)(F)F. The van der Waals surface area contributed by atoms with Crippen molar-refractivity contribution in [2.75, 3.05) is 0 Å². The van der Waals surface area contributed by atoms with Gasteiger partial charge in [0.05, 0.1) is 15.0 Å². The van der Waals surface area contributed by atoms with Gasteiger partial charge >= 0.3 is 11.9 Å². The first-order valence-electron chi connectivity index (χ1n) is 5.62. The van der Waals surface area contributed by atoms with Crippen molar-refractivity contribution in [2.45, 2.75) is 6.18 Å². The van der Waals surface area contributed by atoms with Crippen LogP contribution in [0.3, 0.4) is 0 Å². The summed E-state index contributed by atoms with van der Waals surface area (Å²) < 4.78 is 53.1. The van der Waals surface area contributed by atoms with Crippen LogP contribution in [0.2, 0.25) is 10.0 Å². The summed E-state index contributed by atoms with van der Waals surface area (Å²) in [7, 11) is 0.887. The maximum absolute atomic E-state index is 14.1. The van der Waals surface area contributed by atoms with Crippen molar-refractivity contribution in [1.29, 1.82) is 0 Å². The summed E-state index contributed by atoms with van der Waals surface area (Å²) in [4.78, 5) is 9.84. The Morgan fingerprint density at radius 1 is 1.39 bits per heavy atom. The van der Waals surface area contributed by atoms with Crippen molar-refractivity contribution < 1.29 is 27.6 Å². The first kappa shape index (κ1) is 17.3. The molecule has 0 fully saturated rings. The molecule has 1 aromatic heterocycles. The molecule has 0 unspecified atom stereocenters. The lowest BCUT2D eigenvalue weighted by Gasteiger charge is -2.07. The molecular weight excluding hydrogens is 369 g/mol. The Hall–Kier alpha value is -2.07. The second-order valence-electron chi connectivity index (χ2n) is 4.30. The molecule has 0 spiro atoms. The van der Waals surface area contributed by atoms with Crippen LogP contribution in [0.1, 0.15) is 5.69 Å². The van der Waals surface area contributed by atoms with E-state index in [0.717, 1.165) is 7.05 Å². The summed E-state index contributed by atoms with van der Waals surface area (Å²) in [6, 6.07) is 0.511. The highest BCUT2D eigenvalue weighted by Gasteiger charge is 2.41. The van der Waals surface area contributed by atoms with Crippen LogP contribution in [0.25, 0.3) is 11.3 Å². The van der Waals surface area contributed by atoms with Crippen molar-refractivity contribution in [3.63, 3.8) is 0 Å². The van der Waals surface area contributed by atoms with Crippen molar-refractivity contribution >= 4 is 28.9 Å². The summed E-state index contributed by atoms with van der Waals surface area (Å²) in [5.41, 5.74) is -4.48. The van der Waals surface area contributed by atoms with E-state index in [0.29, 0.717) is 10.7 Å². The zero-order chi connectivity index (χ0) is 17.7. The number of hydrogen-bond acceptors (Lipinski definition) is 4. The zero-order valence-corrected chi connectivity index (χ0v) is 12.5. The van der Waals surface area contributed by atoms with Gasteiger partial charge in [-0.2, -0.15) is 18.3 Å². The third kappa shape index (κ3) is 2.79. The molecule has 0 saturated carbocycles. The summed E-state index contributed by atoms with van der Waals surface area (Å²) >= 11 is 11.0. The van der Waals surface area contributed by atoms with Gasteiger partial charge in [-0.3, -0.25) is 14.8 Å². The molecule has 0 aliphatic heterocycles. The summed E-state index contributed by atoms with van der Waals surface area (Å²) in [6.45, 7) is 0. The second kappa shape index (κ2) is 5.53. The number of nitro benzene ring substituents is 1. The van der Waals surface area contributed by atoms with Crippen LogP contribution < -0.4 is 0 Å². The van der Waals surface area contributed by atoms with Crippen LogP contribution in [0.4, 0.5) is 23.2 Å². The van der Waals surface area contributed by atoms with Gasteiger partial charge in [-0.05, 0) is 6.07 Å². The summed E-state index contributed by atoms with van der Waals surface area (Å²) in [5.74, 6) is -2.46. The number of nitrogens with zero attached hydrogens (tertiary/aromatic N) is 3. The number of aromatic nitrogens is 2. The average molecular weight is 374 g/mol. The van der Waals surface area contributed by atoms with Crippen LogP contribution in [0, 0.1) is 15.9 Å². The van der Waals surface area contributed by atoms with Gasteiger partial charge in [-0.1, -0.05) is 23.2 Å². The molecule has 0 bridgehead atoms. The standard InChI is InChI=1S/C11H5Cl2F4N3O3/c1-19-10(11(15,16)17)6(13)7(18-19)5-4(14)2-3(12)9(21)8(5)20(22)23/h2,21H,1H3. The Bertz CT molecular complexity index is 820. The van der Waals surface area contributed by atoms with E-state index in [1.807, 2.05) is 0 Å². The Kier molecular flexibility index (Phi) is 4.16. The highest BCUT2D eigenvalue weighted by molar-refractivity contribution is 6.34. The van der Waals surface area contributed by atoms with Crippen LogP contribution in [0.15, 0.2) is 6.07 Å². The Morgan fingerprint density at radius 2 is 1.96 bits per heavy atom. The molecule has 0 amide bonds. The molecule has 0 atom stereocenters. The zero-order valence-electron chi connectivity index (χ0n) is 11.0. The molecule has 0 aliphatic rings. The predicted octanol–water partition coefficient (Wildman–Crippen LogP) is 4.17. The Labute approximate surface area is 135 Å². The largest absolute Gasteiger partial charge is 0.501 e.